The van der Waals surface area contributed by atoms with Gasteiger partial charge in [0.05, 0.1) is 23.9 Å². The van der Waals surface area contributed by atoms with Gasteiger partial charge in [-0.1, -0.05) is 0 Å². The zero-order valence-electron chi connectivity index (χ0n) is 18.3. The molecule has 1 atom stereocenters. The van der Waals surface area contributed by atoms with Gasteiger partial charge in [0.1, 0.15) is 11.3 Å². The summed E-state index contributed by atoms with van der Waals surface area (Å²) in [5.41, 5.74) is 3.31. The van der Waals surface area contributed by atoms with E-state index in [1.54, 1.807) is 12.4 Å². The van der Waals surface area contributed by atoms with Gasteiger partial charge >= 0.3 is 0 Å². The molecule has 0 bridgehead atoms. The van der Waals surface area contributed by atoms with Crippen LogP contribution in [-0.4, -0.2) is 78.6 Å². The summed E-state index contributed by atoms with van der Waals surface area (Å²) in [7, 11) is 2.10. The molecular weight excluding hydrogens is 406 g/mol. The third-order valence-electron chi connectivity index (χ3n) is 6.10. The zero-order chi connectivity index (χ0) is 21.8. The van der Waals surface area contributed by atoms with Gasteiger partial charge in [-0.15, -0.1) is 0 Å². The van der Waals surface area contributed by atoms with Crippen LogP contribution in [0.4, 0.5) is 11.6 Å². The number of anilines is 2. The minimum absolute atomic E-state index is 0.0996. The lowest BCUT2D eigenvalue weighted by Crippen LogP contribution is -2.42. The molecule has 0 aliphatic carbocycles. The van der Waals surface area contributed by atoms with E-state index in [-0.39, 0.29) is 6.10 Å². The highest BCUT2D eigenvalue weighted by Gasteiger charge is 2.20. The van der Waals surface area contributed by atoms with Gasteiger partial charge in [0.15, 0.2) is 5.82 Å². The van der Waals surface area contributed by atoms with Crippen LogP contribution in [0.3, 0.4) is 0 Å². The normalized spacial score (nSPS) is 19.7. The number of fused-ring (bicyclic) bond motifs is 1. The number of hydrogen-bond donors (Lipinski definition) is 2. The Bertz CT molecular complexity index is 1030. The van der Waals surface area contributed by atoms with Crippen LogP contribution < -0.4 is 15.5 Å². The summed E-state index contributed by atoms with van der Waals surface area (Å²) in [6, 6.07) is 6.55. The van der Waals surface area contributed by atoms with Crippen molar-refractivity contribution in [2.45, 2.75) is 25.0 Å². The highest BCUT2D eigenvalue weighted by molar-refractivity contribution is 5.88. The highest BCUT2D eigenvalue weighted by atomic mass is 16.5. The smallest absolute Gasteiger partial charge is 0.154 e. The first kappa shape index (κ1) is 21.0. The van der Waals surface area contributed by atoms with E-state index in [2.05, 4.69) is 44.7 Å². The summed E-state index contributed by atoms with van der Waals surface area (Å²) < 4.78 is 11.3. The Morgan fingerprint density at radius 2 is 2.00 bits per heavy atom. The molecule has 0 spiro atoms. The van der Waals surface area contributed by atoms with Crippen molar-refractivity contribution in [1.29, 1.82) is 0 Å². The average Bonchev–Trinajstić information content (AvgIpc) is 2.88. The molecule has 0 amide bonds. The molecule has 0 saturated carbocycles. The van der Waals surface area contributed by atoms with Crippen LogP contribution in [0, 0.1) is 0 Å². The SMILES string of the molecule is CN(c1ccc(-c2cc3nccnc3c(NC[C@@H]3CNCCO3)n2)cn1)C1CCOCC1. The minimum atomic E-state index is 0.0996. The Hall–Kier alpha value is -2.88. The number of nitrogens with zero attached hydrogens (tertiary/aromatic N) is 5. The number of nitrogens with one attached hydrogen (secondary N) is 2. The summed E-state index contributed by atoms with van der Waals surface area (Å²) >= 11 is 0. The maximum absolute atomic E-state index is 5.80. The third-order valence-corrected chi connectivity index (χ3v) is 6.10. The Balaban J connectivity index is 1.38. The van der Waals surface area contributed by atoms with E-state index < -0.39 is 0 Å². The van der Waals surface area contributed by atoms with Crippen molar-refractivity contribution in [3.05, 3.63) is 36.8 Å². The van der Waals surface area contributed by atoms with Gasteiger partial charge in [-0.05, 0) is 31.0 Å². The van der Waals surface area contributed by atoms with Crippen LogP contribution in [0.25, 0.3) is 22.3 Å². The van der Waals surface area contributed by atoms with Crippen LogP contribution >= 0.6 is 0 Å². The third kappa shape index (κ3) is 4.64. The summed E-state index contributed by atoms with van der Waals surface area (Å²) in [5, 5.41) is 6.77. The Morgan fingerprint density at radius 1 is 1.12 bits per heavy atom. The molecule has 2 fully saturated rings. The molecule has 9 nitrogen and oxygen atoms in total. The maximum atomic E-state index is 5.80. The number of morpholine rings is 1. The number of rotatable bonds is 6. The Morgan fingerprint density at radius 3 is 2.78 bits per heavy atom. The van der Waals surface area contributed by atoms with Crippen molar-refractivity contribution in [1.82, 2.24) is 25.3 Å². The van der Waals surface area contributed by atoms with E-state index in [9.17, 15) is 0 Å². The minimum Gasteiger partial charge on any atom is -0.381 e. The predicted octanol–water partition coefficient (Wildman–Crippen LogP) is 2.10. The molecular formula is C23H29N7O2. The lowest BCUT2D eigenvalue weighted by atomic mass is 10.1. The second-order valence-corrected chi connectivity index (χ2v) is 8.22. The molecule has 0 radical (unpaired) electrons. The topological polar surface area (TPSA) is 97.3 Å². The molecule has 2 aliphatic rings. The van der Waals surface area contributed by atoms with Crippen LogP contribution in [0.5, 0.6) is 0 Å². The first-order valence-corrected chi connectivity index (χ1v) is 11.2. The molecule has 0 aromatic carbocycles. The van der Waals surface area contributed by atoms with Crippen molar-refractivity contribution in [2.75, 3.05) is 56.7 Å². The maximum Gasteiger partial charge on any atom is 0.154 e. The van der Waals surface area contributed by atoms with Gasteiger partial charge in [0.25, 0.3) is 0 Å². The van der Waals surface area contributed by atoms with E-state index in [1.807, 2.05) is 12.3 Å². The summed E-state index contributed by atoms with van der Waals surface area (Å²) in [4.78, 5) is 20.8. The van der Waals surface area contributed by atoms with Crippen LogP contribution in [0.2, 0.25) is 0 Å². The standard InChI is InChI=1S/C23H29N7O2/c1-30(17-4-9-31-10-5-17)21-3-2-16(13-27-21)19-12-20-22(26-7-6-25-20)23(29-19)28-15-18-14-24-8-11-32-18/h2-3,6-7,12-13,17-18,24H,4-5,8-11,14-15H2,1H3,(H,28,29)/t18-/m0/s1. The van der Waals surface area contributed by atoms with E-state index in [4.69, 9.17) is 19.4 Å². The molecule has 2 N–H and O–H groups in total. The molecule has 32 heavy (non-hydrogen) atoms. The van der Waals surface area contributed by atoms with Gasteiger partial charge in [-0.3, -0.25) is 4.98 Å². The number of pyridine rings is 2. The summed E-state index contributed by atoms with van der Waals surface area (Å²) in [6.07, 6.45) is 7.43. The van der Waals surface area contributed by atoms with Crippen LogP contribution in [-0.2, 0) is 9.47 Å². The second kappa shape index (κ2) is 9.72. The molecule has 2 aliphatic heterocycles. The van der Waals surface area contributed by atoms with Gasteiger partial charge < -0.3 is 25.0 Å². The second-order valence-electron chi connectivity index (χ2n) is 8.22. The van der Waals surface area contributed by atoms with Gasteiger partial charge in [0, 0.05) is 70.1 Å². The molecule has 3 aromatic rings. The van der Waals surface area contributed by atoms with Crippen molar-refractivity contribution in [3.8, 4) is 11.3 Å². The Kier molecular flexibility index (Phi) is 6.38. The molecule has 5 heterocycles. The zero-order valence-corrected chi connectivity index (χ0v) is 18.3. The monoisotopic (exact) mass is 435 g/mol. The quantitative estimate of drug-likeness (QED) is 0.603. The average molecular weight is 436 g/mol. The van der Waals surface area contributed by atoms with E-state index in [1.165, 1.54) is 0 Å². The van der Waals surface area contributed by atoms with E-state index >= 15 is 0 Å². The van der Waals surface area contributed by atoms with Crippen LogP contribution in [0.1, 0.15) is 12.8 Å². The van der Waals surface area contributed by atoms with Gasteiger partial charge in [0.2, 0.25) is 0 Å². The number of ether oxygens (including phenoxy) is 2. The highest BCUT2D eigenvalue weighted by Crippen LogP contribution is 2.27. The van der Waals surface area contributed by atoms with Crippen LogP contribution in [0.15, 0.2) is 36.8 Å². The fraction of sp³-hybridized carbons (Fsp3) is 0.478. The van der Waals surface area contributed by atoms with E-state index in [0.717, 1.165) is 73.9 Å². The fourth-order valence-electron chi connectivity index (χ4n) is 4.21. The Labute approximate surface area is 187 Å². The molecule has 9 heteroatoms. The molecule has 168 valence electrons. The molecule has 0 unspecified atom stereocenters. The first-order valence-electron chi connectivity index (χ1n) is 11.2. The first-order chi connectivity index (χ1) is 15.8. The lowest BCUT2D eigenvalue weighted by molar-refractivity contribution is 0.0372. The van der Waals surface area contributed by atoms with Gasteiger partial charge in [-0.25, -0.2) is 15.0 Å². The largest absolute Gasteiger partial charge is 0.381 e. The summed E-state index contributed by atoms with van der Waals surface area (Å²) in [6.45, 7) is 4.72. The lowest BCUT2D eigenvalue weighted by Gasteiger charge is -2.32. The van der Waals surface area contributed by atoms with E-state index in [0.29, 0.717) is 18.4 Å². The predicted molar refractivity (Wildman–Crippen MR) is 124 cm³/mol. The fourth-order valence-corrected chi connectivity index (χ4v) is 4.21. The van der Waals surface area contributed by atoms with Crippen molar-refractivity contribution >= 4 is 22.7 Å². The number of aromatic nitrogens is 4. The van der Waals surface area contributed by atoms with Crippen molar-refractivity contribution < 1.29 is 9.47 Å². The number of hydrogen-bond acceptors (Lipinski definition) is 9. The summed E-state index contributed by atoms with van der Waals surface area (Å²) in [5.74, 6) is 1.67. The van der Waals surface area contributed by atoms with Crippen molar-refractivity contribution in [2.24, 2.45) is 0 Å². The van der Waals surface area contributed by atoms with Gasteiger partial charge in [-0.2, -0.15) is 0 Å². The molecule has 5 rings (SSSR count). The molecule has 2 saturated heterocycles. The molecule has 3 aromatic heterocycles. The van der Waals surface area contributed by atoms with Crippen molar-refractivity contribution in [3.63, 3.8) is 0 Å².